The van der Waals surface area contributed by atoms with E-state index in [1.165, 1.54) is 28.0 Å². The van der Waals surface area contributed by atoms with Crippen LogP contribution in [0, 0.1) is 6.92 Å². The standard InChI is InChI=1S/C31H31N/c1-22(2)10-8-9-13-30-29(26-11-6-5-7-12-26)20-28-19-18-27(21-31(28)32-30)24(4)25-16-14-23(3)15-17-25/h5-7,11-12,14-21H,1,4,8-10,13H2,2-3H3. The molecule has 0 unspecified atom stereocenters. The van der Waals surface area contributed by atoms with Crippen LogP contribution in [0.5, 0.6) is 0 Å². The summed E-state index contributed by atoms with van der Waals surface area (Å²) in [6.07, 6.45) is 4.31. The van der Waals surface area contributed by atoms with Crippen molar-refractivity contribution >= 4 is 16.5 Å². The molecule has 4 rings (SSSR count). The minimum absolute atomic E-state index is 0.969. The van der Waals surface area contributed by atoms with Crippen molar-refractivity contribution < 1.29 is 0 Å². The molecule has 0 spiro atoms. The molecule has 0 amide bonds. The Hall–Kier alpha value is -3.45. The summed E-state index contributed by atoms with van der Waals surface area (Å²) < 4.78 is 0. The maximum Gasteiger partial charge on any atom is 0.0711 e. The van der Waals surface area contributed by atoms with E-state index >= 15 is 0 Å². The van der Waals surface area contributed by atoms with Crippen LogP contribution in [0.2, 0.25) is 0 Å². The molecule has 1 nitrogen and oxygen atoms in total. The van der Waals surface area contributed by atoms with Gasteiger partial charge in [0.25, 0.3) is 0 Å². The monoisotopic (exact) mass is 417 g/mol. The molecule has 0 N–H and O–H groups in total. The van der Waals surface area contributed by atoms with Gasteiger partial charge in [-0.3, -0.25) is 4.98 Å². The fraction of sp³-hybridized carbons (Fsp3) is 0.194. The van der Waals surface area contributed by atoms with E-state index in [0.29, 0.717) is 0 Å². The number of aromatic nitrogens is 1. The normalized spacial score (nSPS) is 10.9. The summed E-state index contributed by atoms with van der Waals surface area (Å²) in [5.41, 5.74) is 10.5. The minimum atomic E-state index is 0.969. The lowest BCUT2D eigenvalue weighted by molar-refractivity contribution is 0.722. The third-order valence-corrected chi connectivity index (χ3v) is 6.00. The lowest BCUT2D eigenvalue weighted by Crippen LogP contribution is -1.97. The Morgan fingerprint density at radius 1 is 0.812 bits per heavy atom. The molecule has 4 aromatic rings. The number of hydrogen-bond donors (Lipinski definition) is 0. The van der Waals surface area contributed by atoms with Crippen molar-refractivity contribution in [2.24, 2.45) is 0 Å². The first-order valence-corrected chi connectivity index (χ1v) is 11.4. The molecule has 0 aliphatic carbocycles. The fourth-order valence-electron chi connectivity index (χ4n) is 4.09. The van der Waals surface area contributed by atoms with E-state index in [1.54, 1.807) is 0 Å². The zero-order valence-electron chi connectivity index (χ0n) is 19.2. The average molecular weight is 418 g/mol. The first-order valence-electron chi connectivity index (χ1n) is 11.4. The molecule has 0 bridgehead atoms. The van der Waals surface area contributed by atoms with Gasteiger partial charge < -0.3 is 0 Å². The second-order valence-electron chi connectivity index (χ2n) is 8.76. The summed E-state index contributed by atoms with van der Waals surface area (Å²) >= 11 is 0. The Morgan fingerprint density at radius 2 is 1.53 bits per heavy atom. The lowest BCUT2D eigenvalue weighted by Gasteiger charge is -2.13. The number of allylic oxidation sites excluding steroid dienone is 1. The van der Waals surface area contributed by atoms with Gasteiger partial charge in [-0.2, -0.15) is 0 Å². The van der Waals surface area contributed by atoms with Crippen LogP contribution in [-0.2, 0) is 6.42 Å². The maximum absolute atomic E-state index is 5.16. The second kappa shape index (κ2) is 9.78. The molecule has 0 saturated carbocycles. The first kappa shape index (κ1) is 21.8. The molecule has 1 heterocycles. The predicted octanol–water partition coefficient (Wildman–Crippen LogP) is 8.56. The smallest absolute Gasteiger partial charge is 0.0711 e. The third-order valence-electron chi connectivity index (χ3n) is 6.00. The highest BCUT2D eigenvalue weighted by molar-refractivity contribution is 5.89. The summed E-state index contributed by atoms with van der Waals surface area (Å²) in [6, 6.07) is 28.0. The van der Waals surface area contributed by atoms with Gasteiger partial charge in [-0.1, -0.05) is 84.4 Å². The molecule has 3 aromatic carbocycles. The van der Waals surface area contributed by atoms with Gasteiger partial charge in [-0.25, -0.2) is 0 Å². The Bertz CT molecular complexity index is 1250. The molecule has 0 fully saturated rings. The molecule has 0 atom stereocenters. The Kier molecular flexibility index (Phi) is 6.66. The van der Waals surface area contributed by atoms with Crippen molar-refractivity contribution in [2.45, 2.75) is 39.5 Å². The highest BCUT2D eigenvalue weighted by atomic mass is 14.7. The van der Waals surface area contributed by atoms with Gasteiger partial charge in [0, 0.05) is 16.6 Å². The number of rotatable bonds is 8. The number of nitrogens with zero attached hydrogens (tertiary/aromatic N) is 1. The molecule has 0 saturated heterocycles. The molecule has 160 valence electrons. The van der Waals surface area contributed by atoms with Crippen LogP contribution >= 0.6 is 0 Å². The van der Waals surface area contributed by atoms with Gasteiger partial charge in [-0.05, 0) is 73.9 Å². The maximum atomic E-state index is 5.16. The largest absolute Gasteiger partial charge is 0.252 e. The zero-order valence-corrected chi connectivity index (χ0v) is 19.2. The van der Waals surface area contributed by atoms with E-state index in [2.05, 4.69) is 106 Å². The molecular weight excluding hydrogens is 386 g/mol. The highest BCUT2D eigenvalue weighted by Gasteiger charge is 2.11. The lowest BCUT2D eigenvalue weighted by atomic mass is 9.95. The quantitative estimate of drug-likeness (QED) is 0.207. The summed E-state index contributed by atoms with van der Waals surface area (Å²) in [7, 11) is 0. The van der Waals surface area contributed by atoms with Gasteiger partial charge in [0.15, 0.2) is 0 Å². The fourth-order valence-corrected chi connectivity index (χ4v) is 4.09. The van der Waals surface area contributed by atoms with Crippen molar-refractivity contribution in [2.75, 3.05) is 0 Å². The van der Waals surface area contributed by atoms with Crippen molar-refractivity contribution in [1.82, 2.24) is 4.98 Å². The molecule has 1 heteroatoms. The van der Waals surface area contributed by atoms with Crippen LogP contribution in [-0.4, -0.2) is 4.98 Å². The summed E-state index contributed by atoms with van der Waals surface area (Å²) in [4.78, 5) is 5.16. The van der Waals surface area contributed by atoms with Gasteiger partial charge in [0.05, 0.1) is 5.52 Å². The van der Waals surface area contributed by atoms with Crippen LogP contribution in [0.25, 0.3) is 27.6 Å². The summed E-state index contributed by atoms with van der Waals surface area (Å²) in [5.74, 6) is 0. The molecular formula is C31H31N. The van der Waals surface area contributed by atoms with Gasteiger partial charge in [-0.15, -0.1) is 6.58 Å². The van der Waals surface area contributed by atoms with E-state index in [4.69, 9.17) is 4.98 Å². The molecule has 0 radical (unpaired) electrons. The first-order chi connectivity index (χ1) is 15.5. The van der Waals surface area contributed by atoms with Crippen molar-refractivity contribution in [3.05, 3.63) is 120 Å². The number of hydrogen-bond acceptors (Lipinski definition) is 1. The van der Waals surface area contributed by atoms with E-state index < -0.39 is 0 Å². The van der Waals surface area contributed by atoms with E-state index in [0.717, 1.165) is 53.3 Å². The third kappa shape index (κ3) is 5.06. The van der Waals surface area contributed by atoms with Crippen LogP contribution < -0.4 is 0 Å². The highest BCUT2D eigenvalue weighted by Crippen LogP contribution is 2.30. The average Bonchev–Trinajstić information content (AvgIpc) is 2.81. The van der Waals surface area contributed by atoms with Crippen molar-refractivity contribution in [3.8, 4) is 11.1 Å². The predicted molar refractivity (Wildman–Crippen MR) is 139 cm³/mol. The van der Waals surface area contributed by atoms with Crippen molar-refractivity contribution in [1.29, 1.82) is 0 Å². The molecule has 32 heavy (non-hydrogen) atoms. The topological polar surface area (TPSA) is 12.9 Å². The molecule has 0 aliphatic rings. The second-order valence-corrected chi connectivity index (χ2v) is 8.76. The molecule has 0 aliphatic heterocycles. The zero-order chi connectivity index (χ0) is 22.5. The molecule has 1 aromatic heterocycles. The summed E-state index contributed by atoms with van der Waals surface area (Å²) in [6.45, 7) is 12.6. The van der Waals surface area contributed by atoms with Crippen LogP contribution in [0.15, 0.2) is 97.6 Å². The minimum Gasteiger partial charge on any atom is -0.252 e. The van der Waals surface area contributed by atoms with Crippen LogP contribution in [0.1, 0.15) is 48.6 Å². The van der Waals surface area contributed by atoms with Gasteiger partial charge in [0.1, 0.15) is 0 Å². The van der Waals surface area contributed by atoms with Crippen LogP contribution in [0.3, 0.4) is 0 Å². The van der Waals surface area contributed by atoms with Crippen LogP contribution in [0.4, 0.5) is 0 Å². The Balaban J connectivity index is 1.71. The van der Waals surface area contributed by atoms with Gasteiger partial charge in [0.2, 0.25) is 0 Å². The SMILES string of the molecule is C=C(C)CCCCc1nc2cc(C(=C)c3ccc(C)cc3)ccc2cc1-c1ccccc1. The van der Waals surface area contributed by atoms with E-state index in [-0.39, 0.29) is 0 Å². The van der Waals surface area contributed by atoms with E-state index in [9.17, 15) is 0 Å². The number of fused-ring (bicyclic) bond motifs is 1. The number of benzene rings is 3. The number of unbranched alkanes of at least 4 members (excludes halogenated alkanes) is 1. The summed E-state index contributed by atoms with van der Waals surface area (Å²) in [5, 5.41) is 1.16. The number of aryl methyl sites for hydroxylation is 2. The Morgan fingerprint density at radius 3 is 2.25 bits per heavy atom. The van der Waals surface area contributed by atoms with E-state index in [1.807, 2.05) is 0 Å². The van der Waals surface area contributed by atoms with Crippen molar-refractivity contribution in [3.63, 3.8) is 0 Å². The Labute approximate surface area is 192 Å². The number of pyridine rings is 1. The van der Waals surface area contributed by atoms with Gasteiger partial charge >= 0.3 is 0 Å².